The number of esters is 1. The maximum Gasteiger partial charge on any atom is 0.340 e. The Morgan fingerprint density at radius 3 is 2.55 bits per heavy atom. The van der Waals surface area contributed by atoms with Crippen LogP contribution in [0.1, 0.15) is 28.9 Å². The normalized spacial score (nSPS) is 12.0. The van der Waals surface area contributed by atoms with Crippen LogP contribution in [0.3, 0.4) is 0 Å². The number of amides is 1. The molecule has 0 aliphatic carbocycles. The van der Waals surface area contributed by atoms with E-state index in [1.165, 1.54) is 13.4 Å². The zero-order valence-electron chi connectivity index (χ0n) is 17.6. The van der Waals surface area contributed by atoms with Gasteiger partial charge in [0.2, 0.25) is 5.91 Å². The van der Waals surface area contributed by atoms with E-state index in [2.05, 4.69) is 10.1 Å². The van der Waals surface area contributed by atoms with Gasteiger partial charge in [0, 0.05) is 24.1 Å². The van der Waals surface area contributed by atoms with Gasteiger partial charge in [-0.15, -0.1) is 0 Å². The minimum Gasteiger partial charge on any atom is -0.465 e. The monoisotopic (exact) mass is 417 g/mol. The van der Waals surface area contributed by atoms with Crippen molar-refractivity contribution in [3.63, 3.8) is 0 Å². The fourth-order valence-corrected chi connectivity index (χ4v) is 3.59. The Bertz CT molecular complexity index is 1210. The highest BCUT2D eigenvalue weighted by Gasteiger charge is 2.21. The molecule has 158 valence electrons. The predicted molar refractivity (Wildman–Crippen MR) is 116 cm³/mol. The highest BCUT2D eigenvalue weighted by Crippen LogP contribution is 2.24. The third kappa shape index (κ3) is 3.92. The number of aromatic nitrogens is 4. The number of nitrogens with zero attached hydrogens (tertiary/aromatic N) is 5. The van der Waals surface area contributed by atoms with Crippen molar-refractivity contribution in [2.24, 2.45) is 0 Å². The summed E-state index contributed by atoms with van der Waals surface area (Å²) in [5.74, 6) is -0.485. The van der Waals surface area contributed by atoms with E-state index in [1.807, 2.05) is 55.5 Å². The molecule has 0 saturated carbocycles. The van der Waals surface area contributed by atoms with Crippen molar-refractivity contribution in [2.75, 3.05) is 14.2 Å². The van der Waals surface area contributed by atoms with Gasteiger partial charge in [-0.05, 0) is 30.7 Å². The summed E-state index contributed by atoms with van der Waals surface area (Å²) in [7, 11) is 3.13. The van der Waals surface area contributed by atoms with E-state index < -0.39 is 5.97 Å². The standard InChI is InChI=1S/C23H23N5O3/c1-16(17-8-10-18(11-9-17)28-15-24-14-25-28)26(2)22(29)13-27-12-20(23(30)31-3)19-6-4-5-7-21(19)27/h4-12,14-16H,13H2,1-3H3/t16-/m1/s1. The number of ether oxygens (including phenoxy) is 1. The molecule has 4 aromatic rings. The molecular formula is C23H23N5O3. The SMILES string of the molecule is COC(=O)c1cn(CC(=O)N(C)[C@H](C)c2ccc(-n3cncn3)cc2)c2ccccc12. The first-order valence-corrected chi connectivity index (χ1v) is 9.86. The molecule has 8 heteroatoms. The van der Waals surface area contributed by atoms with Gasteiger partial charge in [0.1, 0.15) is 19.2 Å². The summed E-state index contributed by atoms with van der Waals surface area (Å²) in [6, 6.07) is 15.2. The van der Waals surface area contributed by atoms with E-state index in [1.54, 1.807) is 33.7 Å². The molecule has 0 fully saturated rings. The highest BCUT2D eigenvalue weighted by molar-refractivity contribution is 6.04. The number of rotatable bonds is 6. The average Bonchev–Trinajstić information content (AvgIpc) is 3.47. The summed E-state index contributed by atoms with van der Waals surface area (Å²) < 4.78 is 8.36. The maximum absolute atomic E-state index is 13.0. The molecule has 1 atom stereocenters. The second kappa shape index (κ2) is 8.43. The molecule has 0 N–H and O–H groups in total. The lowest BCUT2D eigenvalue weighted by molar-refractivity contribution is -0.132. The van der Waals surface area contributed by atoms with E-state index in [0.29, 0.717) is 5.56 Å². The molecule has 0 bridgehead atoms. The lowest BCUT2D eigenvalue weighted by atomic mass is 10.1. The molecule has 0 aliphatic heterocycles. The molecule has 1 amide bonds. The minimum atomic E-state index is -0.420. The molecule has 0 aliphatic rings. The number of carbonyl (C=O) groups excluding carboxylic acids is 2. The van der Waals surface area contributed by atoms with Crippen molar-refractivity contribution in [3.05, 3.63) is 78.5 Å². The Hall–Kier alpha value is -3.94. The van der Waals surface area contributed by atoms with Gasteiger partial charge in [-0.1, -0.05) is 30.3 Å². The first-order chi connectivity index (χ1) is 15.0. The maximum atomic E-state index is 13.0. The number of carbonyl (C=O) groups is 2. The second-order valence-electron chi connectivity index (χ2n) is 7.29. The van der Waals surface area contributed by atoms with Crippen LogP contribution in [0, 0.1) is 0 Å². The van der Waals surface area contributed by atoms with Crippen molar-refractivity contribution in [2.45, 2.75) is 19.5 Å². The number of para-hydroxylation sites is 1. The van der Waals surface area contributed by atoms with Crippen LogP contribution in [-0.2, 0) is 16.1 Å². The fourth-order valence-electron chi connectivity index (χ4n) is 3.59. The molecule has 2 aromatic heterocycles. The number of benzene rings is 2. The van der Waals surface area contributed by atoms with E-state index in [-0.39, 0.29) is 18.5 Å². The van der Waals surface area contributed by atoms with Gasteiger partial charge in [0.25, 0.3) is 0 Å². The third-order valence-electron chi connectivity index (χ3n) is 5.53. The predicted octanol–water partition coefficient (Wildman–Crippen LogP) is 3.23. The second-order valence-corrected chi connectivity index (χ2v) is 7.29. The van der Waals surface area contributed by atoms with Gasteiger partial charge in [-0.2, -0.15) is 5.10 Å². The van der Waals surface area contributed by atoms with Crippen molar-refractivity contribution < 1.29 is 14.3 Å². The van der Waals surface area contributed by atoms with Gasteiger partial charge in [0.05, 0.1) is 24.4 Å². The molecule has 31 heavy (non-hydrogen) atoms. The Labute approximate surface area is 179 Å². The third-order valence-corrected chi connectivity index (χ3v) is 5.53. The van der Waals surface area contributed by atoms with Crippen molar-refractivity contribution in [1.29, 1.82) is 0 Å². The Balaban J connectivity index is 1.53. The molecule has 0 unspecified atom stereocenters. The van der Waals surface area contributed by atoms with Gasteiger partial charge in [-0.3, -0.25) is 4.79 Å². The zero-order chi connectivity index (χ0) is 22.0. The van der Waals surface area contributed by atoms with Gasteiger partial charge in [-0.25, -0.2) is 14.5 Å². The summed E-state index contributed by atoms with van der Waals surface area (Å²) in [5, 5.41) is 4.89. The van der Waals surface area contributed by atoms with Crippen molar-refractivity contribution >= 4 is 22.8 Å². The van der Waals surface area contributed by atoms with E-state index >= 15 is 0 Å². The summed E-state index contributed by atoms with van der Waals surface area (Å²) in [6.07, 6.45) is 4.80. The van der Waals surface area contributed by atoms with Crippen LogP contribution in [0.5, 0.6) is 0 Å². The van der Waals surface area contributed by atoms with Crippen molar-refractivity contribution in [1.82, 2.24) is 24.2 Å². The number of methoxy groups -OCH3 is 1. The highest BCUT2D eigenvalue weighted by atomic mass is 16.5. The molecule has 4 rings (SSSR count). The Morgan fingerprint density at radius 2 is 1.87 bits per heavy atom. The van der Waals surface area contributed by atoms with Crippen molar-refractivity contribution in [3.8, 4) is 5.69 Å². The smallest absolute Gasteiger partial charge is 0.340 e. The van der Waals surface area contributed by atoms with Gasteiger partial charge >= 0.3 is 5.97 Å². The quantitative estimate of drug-likeness (QED) is 0.450. The number of likely N-dealkylation sites (N-methyl/N-ethyl adjacent to an activating group) is 1. The van der Waals surface area contributed by atoms with E-state index in [9.17, 15) is 9.59 Å². The van der Waals surface area contributed by atoms with E-state index in [4.69, 9.17) is 4.74 Å². The van der Waals surface area contributed by atoms with Crippen LogP contribution in [0.2, 0.25) is 0 Å². The van der Waals surface area contributed by atoms with Crippen LogP contribution in [0.25, 0.3) is 16.6 Å². The molecule has 0 saturated heterocycles. The van der Waals surface area contributed by atoms with Gasteiger partial charge in [0.15, 0.2) is 0 Å². The Morgan fingerprint density at radius 1 is 1.13 bits per heavy atom. The van der Waals surface area contributed by atoms with Crippen LogP contribution in [0.15, 0.2) is 67.4 Å². The van der Waals surface area contributed by atoms with Crippen LogP contribution in [-0.4, -0.2) is 50.3 Å². The molecule has 0 spiro atoms. The molecule has 2 heterocycles. The van der Waals surface area contributed by atoms with Gasteiger partial charge < -0.3 is 14.2 Å². The lowest BCUT2D eigenvalue weighted by Gasteiger charge is -2.26. The molecule has 0 radical (unpaired) electrons. The first-order valence-electron chi connectivity index (χ1n) is 9.86. The topological polar surface area (TPSA) is 82.2 Å². The summed E-state index contributed by atoms with van der Waals surface area (Å²) >= 11 is 0. The number of fused-ring (bicyclic) bond motifs is 1. The largest absolute Gasteiger partial charge is 0.465 e. The average molecular weight is 417 g/mol. The molecule has 8 nitrogen and oxygen atoms in total. The summed E-state index contributed by atoms with van der Waals surface area (Å²) in [6.45, 7) is 2.10. The van der Waals surface area contributed by atoms with Crippen LogP contribution < -0.4 is 0 Å². The summed E-state index contributed by atoms with van der Waals surface area (Å²) in [5.41, 5.74) is 3.17. The van der Waals surface area contributed by atoms with Crippen LogP contribution in [0.4, 0.5) is 0 Å². The molecule has 2 aromatic carbocycles. The molecular weight excluding hydrogens is 394 g/mol. The Kier molecular flexibility index (Phi) is 5.53. The number of hydrogen-bond donors (Lipinski definition) is 0. The lowest BCUT2D eigenvalue weighted by Crippen LogP contribution is -2.32. The number of hydrogen-bond acceptors (Lipinski definition) is 5. The van der Waals surface area contributed by atoms with Crippen LogP contribution >= 0.6 is 0 Å². The first kappa shape index (κ1) is 20.3. The fraction of sp³-hybridized carbons (Fsp3) is 0.217. The minimum absolute atomic E-state index is 0.0648. The summed E-state index contributed by atoms with van der Waals surface area (Å²) in [4.78, 5) is 30.8. The zero-order valence-corrected chi connectivity index (χ0v) is 17.6. The van der Waals surface area contributed by atoms with E-state index in [0.717, 1.165) is 22.2 Å².